The number of likely N-dealkylation sites (N-methyl/N-ethyl adjacent to an activating group) is 1. The van der Waals surface area contributed by atoms with Gasteiger partial charge in [0.15, 0.2) is 0 Å². The van der Waals surface area contributed by atoms with Crippen LogP contribution in [0.2, 0.25) is 0 Å². The minimum absolute atomic E-state index is 0.185. The van der Waals surface area contributed by atoms with Crippen LogP contribution in [-0.4, -0.2) is 22.6 Å². The molecule has 0 saturated carbocycles. The van der Waals surface area contributed by atoms with Crippen molar-refractivity contribution in [3.8, 4) is 0 Å². The van der Waals surface area contributed by atoms with Gasteiger partial charge in [0, 0.05) is 6.54 Å². The molecule has 0 spiro atoms. The molecule has 2 rings (SSSR count). The van der Waals surface area contributed by atoms with Crippen molar-refractivity contribution in [2.45, 2.75) is 6.92 Å². The van der Waals surface area contributed by atoms with Crippen LogP contribution in [0.5, 0.6) is 0 Å². The van der Waals surface area contributed by atoms with E-state index in [1.54, 1.807) is 13.0 Å². The van der Waals surface area contributed by atoms with Crippen molar-refractivity contribution in [1.29, 1.82) is 0 Å². The van der Waals surface area contributed by atoms with Crippen LogP contribution in [0.1, 0.15) is 12.5 Å². The molecule has 3 nitrogen and oxygen atoms in total. The predicted molar refractivity (Wildman–Crippen MR) is 64.8 cm³/mol. The third kappa shape index (κ3) is 2.02. The Bertz CT molecular complexity index is 453. The maximum absolute atomic E-state index is 11.8. The summed E-state index contributed by atoms with van der Waals surface area (Å²) in [6.45, 7) is 2.22. The first kappa shape index (κ1) is 11.0. The summed E-state index contributed by atoms with van der Waals surface area (Å²) >= 11 is 1.000. The third-order valence-electron chi connectivity index (χ3n) is 2.29. The molecule has 4 heteroatoms. The molecule has 0 bridgehead atoms. The van der Waals surface area contributed by atoms with Gasteiger partial charge in [-0.25, -0.2) is 0 Å². The monoisotopic (exact) mass is 233 g/mol. The normalized spacial score (nSPS) is 18.6. The van der Waals surface area contributed by atoms with E-state index in [-0.39, 0.29) is 11.1 Å². The molecule has 82 valence electrons. The average Bonchev–Trinajstić information content (AvgIpc) is 2.55. The third-order valence-corrected chi connectivity index (χ3v) is 3.19. The molecule has 0 radical (unpaired) electrons. The van der Waals surface area contributed by atoms with Crippen LogP contribution in [0.3, 0.4) is 0 Å². The summed E-state index contributed by atoms with van der Waals surface area (Å²) in [5.74, 6) is -0.193. The number of carbonyl (C=O) groups excluding carboxylic acids is 2. The molecule has 1 saturated heterocycles. The number of thioether (sulfide) groups is 1. The van der Waals surface area contributed by atoms with Crippen molar-refractivity contribution in [2.75, 3.05) is 6.54 Å². The van der Waals surface area contributed by atoms with Crippen molar-refractivity contribution in [3.63, 3.8) is 0 Å². The van der Waals surface area contributed by atoms with E-state index in [0.29, 0.717) is 11.4 Å². The highest BCUT2D eigenvalue weighted by Gasteiger charge is 2.33. The lowest BCUT2D eigenvalue weighted by Crippen LogP contribution is -2.27. The van der Waals surface area contributed by atoms with Gasteiger partial charge in [0.25, 0.3) is 11.1 Å². The first-order valence-corrected chi connectivity index (χ1v) is 5.84. The molecular formula is C12H11NO2S. The minimum Gasteiger partial charge on any atom is -0.269 e. The van der Waals surface area contributed by atoms with Crippen LogP contribution in [0.4, 0.5) is 4.79 Å². The lowest BCUT2D eigenvalue weighted by atomic mass is 10.2. The highest BCUT2D eigenvalue weighted by Crippen LogP contribution is 2.31. The second kappa shape index (κ2) is 4.53. The first-order valence-electron chi connectivity index (χ1n) is 5.03. The van der Waals surface area contributed by atoms with Crippen molar-refractivity contribution < 1.29 is 9.59 Å². The second-order valence-electron chi connectivity index (χ2n) is 3.34. The molecule has 0 atom stereocenters. The van der Waals surface area contributed by atoms with Gasteiger partial charge in [-0.3, -0.25) is 14.5 Å². The average molecular weight is 233 g/mol. The minimum atomic E-state index is -0.193. The van der Waals surface area contributed by atoms with Gasteiger partial charge in [0.1, 0.15) is 0 Å². The largest absolute Gasteiger partial charge is 0.293 e. The Morgan fingerprint density at radius 2 is 1.94 bits per heavy atom. The number of nitrogens with zero attached hydrogens (tertiary/aromatic N) is 1. The maximum atomic E-state index is 11.8. The highest BCUT2D eigenvalue weighted by atomic mass is 32.2. The van der Waals surface area contributed by atoms with Gasteiger partial charge in [-0.1, -0.05) is 30.3 Å². The van der Waals surface area contributed by atoms with E-state index in [1.165, 1.54) is 4.90 Å². The molecule has 1 aromatic carbocycles. The number of hydrogen-bond acceptors (Lipinski definition) is 3. The van der Waals surface area contributed by atoms with Crippen molar-refractivity contribution in [2.24, 2.45) is 0 Å². The Morgan fingerprint density at radius 1 is 1.25 bits per heavy atom. The molecule has 0 aromatic heterocycles. The second-order valence-corrected chi connectivity index (χ2v) is 4.33. The van der Waals surface area contributed by atoms with Crippen LogP contribution >= 0.6 is 11.8 Å². The van der Waals surface area contributed by atoms with Crippen LogP contribution in [0, 0.1) is 0 Å². The zero-order chi connectivity index (χ0) is 11.5. The van der Waals surface area contributed by atoms with E-state index in [1.807, 2.05) is 30.3 Å². The van der Waals surface area contributed by atoms with Gasteiger partial charge in [-0.05, 0) is 30.3 Å². The van der Waals surface area contributed by atoms with Gasteiger partial charge in [0.2, 0.25) is 0 Å². The van der Waals surface area contributed by atoms with E-state index in [0.717, 1.165) is 17.3 Å². The number of amides is 2. The summed E-state index contributed by atoms with van der Waals surface area (Å²) in [6.07, 6.45) is 1.75. The lowest BCUT2D eigenvalue weighted by molar-refractivity contribution is -0.122. The summed E-state index contributed by atoms with van der Waals surface area (Å²) in [5.41, 5.74) is 0.934. The topological polar surface area (TPSA) is 37.4 Å². The van der Waals surface area contributed by atoms with Crippen LogP contribution < -0.4 is 0 Å². The fraction of sp³-hybridized carbons (Fsp3) is 0.167. The highest BCUT2D eigenvalue weighted by molar-refractivity contribution is 8.18. The molecule has 0 unspecified atom stereocenters. The Morgan fingerprint density at radius 3 is 2.50 bits per heavy atom. The van der Waals surface area contributed by atoms with Crippen molar-refractivity contribution in [3.05, 3.63) is 40.8 Å². The van der Waals surface area contributed by atoms with Crippen molar-refractivity contribution in [1.82, 2.24) is 4.90 Å². The Balaban J connectivity index is 2.27. The van der Waals surface area contributed by atoms with Crippen LogP contribution in [-0.2, 0) is 4.79 Å². The fourth-order valence-electron chi connectivity index (χ4n) is 1.47. The first-order chi connectivity index (χ1) is 7.72. The summed E-state index contributed by atoms with van der Waals surface area (Å²) in [7, 11) is 0. The van der Waals surface area contributed by atoms with E-state index >= 15 is 0 Å². The summed E-state index contributed by atoms with van der Waals surface area (Å²) in [4.78, 5) is 25.0. The molecule has 16 heavy (non-hydrogen) atoms. The summed E-state index contributed by atoms with van der Waals surface area (Å²) in [5, 5.41) is -0.185. The SMILES string of the molecule is CCN1C(=O)S/C(=C\c2ccccc2)C1=O. The molecule has 1 fully saturated rings. The predicted octanol–water partition coefficient (Wildman–Crippen LogP) is 2.74. The van der Waals surface area contributed by atoms with E-state index in [4.69, 9.17) is 0 Å². The standard InChI is InChI=1S/C12H11NO2S/c1-2-13-11(14)10(16-12(13)15)8-9-6-4-3-5-7-9/h3-8H,2H2,1H3/b10-8-. The van der Waals surface area contributed by atoms with Gasteiger partial charge < -0.3 is 0 Å². The molecule has 1 aromatic rings. The number of carbonyl (C=O) groups is 2. The fourth-order valence-corrected chi connectivity index (χ4v) is 2.38. The van der Waals surface area contributed by atoms with E-state index in [2.05, 4.69) is 0 Å². The van der Waals surface area contributed by atoms with Crippen LogP contribution in [0.15, 0.2) is 35.2 Å². The summed E-state index contributed by atoms with van der Waals surface area (Å²) < 4.78 is 0. The number of benzene rings is 1. The van der Waals surface area contributed by atoms with Gasteiger partial charge in [-0.15, -0.1) is 0 Å². The zero-order valence-electron chi connectivity index (χ0n) is 8.84. The molecular weight excluding hydrogens is 222 g/mol. The smallest absolute Gasteiger partial charge is 0.269 e. The van der Waals surface area contributed by atoms with Gasteiger partial charge >= 0.3 is 0 Å². The number of imide groups is 1. The number of hydrogen-bond donors (Lipinski definition) is 0. The molecule has 0 aliphatic carbocycles. The Kier molecular flexibility index (Phi) is 3.10. The Hall–Kier alpha value is -1.55. The molecule has 1 aliphatic rings. The molecule has 1 heterocycles. The molecule has 1 aliphatic heterocycles. The van der Waals surface area contributed by atoms with E-state index in [9.17, 15) is 9.59 Å². The van der Waals surface area contributed by atoms with Crippen molar-refractivity contribution >= 4 is 29.0 Å². The summed E-state index contributed by atoms with van der Waals surface area (Å²) in [6, 6.07) is 9.51. The van der Waals surface area contributed by atoms with Gasteiger partial charge in [0.05, 0.1) is 4.91 Å². The lowest BCUT2D eigenvalue weighted by Gasteiger charge is -2.06. The maximum Gasteiger partial charge on any atom is 0.293 e. The zero-order valence-corrected chi connectivity index (χ0v) is 9.66. The van der Waals surface area contributed by atoms with Crippen LogP contribution in [0.25, 0.3) is 6.08 Å². The molecule has 0 N–H and O–H groups in total. The molecule has 2 amide bonds. The van der Waals surface area contributed by atoms with E-state index < -0.39 is 0 Å². The van der Waals surface area contributed by atoms with Gasteiger partial charge in [-0.2, -0.15) is 0 Å². The quantitative estimate of drug-likeness (QED) is 0.737. The number of rotatable bonds is 2. The Labute approximate surface area is 98.1 Å².